The zero-order valence-corrected chi connectivity index (χ0v) is 13.5. The molecule has 1 saturated heterocycles. The maximum atomic E-state index is 11.2. The van der Waals surface area contributed by atoms with Gasteiger partial charge in [0.1, 0.15) is 6.10 Å². The van der Waals surface area contributed by atoms with E-state index in [0.29, 0.717) is 17.4 Å². The lowest BCUT2D eigenvalue weighted by Gasteiger charge is -2.25. The molecular formula is C18H24O5. The van der Waals surface area contributed by atoms with Crippen LogP contribution in [0.5, 0.6) is 11.5 Å². The SMILES string of the molecule is COc1ccc(C(CC(=O)O)C2CC2)cc1OC1CCOCC1. The Labute approximate surface area is 136 Å². The summed E-state index contributed by atoms with van der Waals surface area (Å²) < 4.78 is 16.9. The van der Waals surface area contributed by atoms with Crippen LogP contribution >= 0.6 is 0 Å². The standard InChI is InChI=1S/C18H24O5/c1-21-16-5-4-13(15(11-18(19)20)12-2-3-12)10-17(16)23-14-6-8-22-9-7-14/h4-5,10,12,14-15H,2-3,6-9,11H2,1H3,(H,19,20). The van der Waals surface area contributed by atoms with E-state index in [0.717, 1.165) is 44.5 Å². The van der Waals surface area contributed by atoms with Gasteiger partial charge >= 0.3 is 5.97 Å². The molecule has 1 aromatic rings. The van der Waals surface area contributed by atoms with Crippen molar-refractivity contribution in [2.45, 2.75) is 44.1 Å². The van der Waals surface area contributed by atoms with Crippen LogP contribution in [0, 0.1) is 5.92 Å². The molecule has 1 saturated carbocycles. The molecule has 2 fully saturated rings. The van der Waals surface area contributed by atoms with E-state index in [1.807, 2.05) is 18.2 Å². The van der Waals surface area contributed by atoms with E-state index < -0.39 is 5.97 Å². The molecule has 1 atom stereocenters. The van der Waals surface area contributed by atoms with Crippen LogP contribution in [0.1, 0.15) is 43.6 Å². The summed E-state index contributed by atoms with van der Waals surface area (Å²) in [5.74, 6) is 1.22. The second-order valence-electron chi connectivity index (χ2n) is 6.38. The predicted molar refractivity (Wildman–Crippen MR) is 85.2 cm³/mol. The predicted octanol–water partition coefficient (Wildman–Crippen LogP) is 3.22. The van der Waals surface area contributed by atoms with Gasteiger partial charge in [-0.3, -0.25) is 4.79 Å². The maximum absolute atomic E-state index is 11.2. The first kappa shape index (κ1) is 16.1. The van der Waals surface area contributed by atoms with Crippen molar-refractivity contribution in [1.29, 1.82) is 0 Å². The number of aliphatic carboxylic acids is 1. The van der Waals surface area contributed by atoms with E-state index in [9.17, 15) is 9.90 Å². The molecule has 1 N–H and O–H groups in total. The van der Waals surface area contributed by atoms with E-state index in [-0.39, 0.29) is 18.4 Å². The number of hydrogen-bond donors (Lipinski definition) is 1. The first-order valence-corrected chi connectivity index (χ1v) is 8.31. The Morgan fingerprint density at radius 2 is 2.00 bits per heavy atom. The summed E-state index contributed by atoms with van der Waals surface area (Å²) in [5.41, 5.74) is 1.04. The summed E-state index contributed by atoms with van der Waals surface area (Å²) in [6.07, 6.45) is 4.27. The van der Waals surface area contributed by atoms with Crippen LogP contribution in [0.2, 0.25) is 0 Å². The number of carboxylic acids is 1. The topological polar surface area (TPSA) is 65.0 Å². The first-order chi connectivity index (χ1) is 11.2. The molecule has 2 aliphatic rings. The number of carbonyl (C=O) groups is 1. The molecule has 1 aliphatic carbocycles. The van der Waals surface area contributed by atoms with E-state index in [2.05, 4.69) is 0 Å². The van der Waals surface area contributed by atoms with Gasteiger partial charge in [-0.1, -0.05) is 6.07 Å². The summed E-state index contributed by atoms with van der Waals surface area (Å²) in [6, 6.07) is 5.84. The Hall–Kier alpha value is -1.75. The average molecular weight is 320 g/mol. The van der Waals surface area contributed by atoms with Crippen molar-refractivity contribution in [3.8, 4) is 11.5 Å². The van der Waals surface area contributed by atoms with Gasteiger partial charge in [-0.25, -0.2) is 0 Å². The summed E-state index contributed by atoms with van der Waals surface area (Å²) >= 11 is 0. The lowest BCUT2D eigenvalue weighted by atomic mass is 9.91. The molecule has 1 unspecified atom stereocenters. The second-order valence-corrected chi connectivity index (χ2v) is 6.38. The highest BCUT2D eigenvalue weighted by atomic mass is 16.5. The van der Waals surface area contributed by atoms with Crippen LogP contribution < -0.4 is 9.47 Å². The van der Waals surface area contributed by atoms with Crippen molar-refractivity contribution in [2.24, 2.45) is 5.92 Å². The van der Waals surface area contributed by atoms with Crippen molar-refractivity contribution in [3.63, 3.8) is 0 Å². The van der Waals surface area contributed by atoms with Gasteiger partial charge in [0.2, 0.25) is 0 Å². The van der Waals surface area contributed by atoms with Crippen LogP contribution in [0.4, 0.5) is 0 Å². The zero-order valence-electron chi connectivity index (χ0n) is 13.5. The Bertz CT molecular complexity index is 546. The van der Waals surface area contributed by atoms with Crippen molar-refractivity contribution in [2.75, 3.05) is 20.3 Å². The van der Waals surface area contributed by atoms with E-state index >= 15 is 0 Å². The highest BCUT2D eigenvalue weighted by Gasteiger charge is 2.34. The molecule has 0 aromatic heterocycles. The smallest absolute Gasteiger partial charge is 0.303 e. The lowest BCUT2D eigenvalue weighted by molar-refractivity contribution is -0.137. The largest absolute Gasteiger partial charge is 0.493 e. The van der Waals surface area contributed by atoms with Crippen LogP contribution in [0.15, 0.2) is 18.2 Å². The van der Waals surface area contributed by atoms with Gasteiger partial charge in [0.15, 0.2) is 11.5 Å². The normalized spacial score (nSPS) is 20.0. The van der Waals surface area contributed by atoms with Gasteiger partial charge in [-0.15, -0.1) is 0 Å². The Kier molecular flexibility index (Phi) is 5.06. The van der Waals surface area contributed by atoms with Crippen LogP contribution in [-0.2, 0) is 9.53 Å². The maximum Gasteiger partial charge on any atom is 0.303 e. The molecule has 23 heavy (non-hydrogen) atoms. The monoisotopic (exact) mass is 320 g/mol. The molecule has 3 rings (SSSR count). The van der Waals surface area contributed by atoms with Crippen molar-refractivity contribution < 1.29 is 24.1 Å². The average Bonchev–Trinajstić information content (AvgIpc) is 3.38. The Balaban J connectivity index is 1.80. The van der Waals surface area contributed by atoms with Crippen LogP contribution in [0.3, 0.4) is 0 Å². The summed E-state index contributed by atoms with van der Waals surface area (Å²) in [5, 5.41) is 9.18. The molecule has 0 bridgehead atoms. The van der Waals surface area contributed by atoms with Crippen molar-refractivity contribution in [3.05, 3.63) is 23.8 Å². The molecule has 1 aliphatic heterocycles. The molecule has 0 radical (unpaired) electrons. The minimum Gasteiger partial charge on any atom is -0.493 e. The third-order valence-electron chi connectivity index (χ3n) is 4.66. The summed E-state index contributed by atoms with van der Waals surface area (Å²) in [6.45, 7) is 1.44. The second kappa shape index (κ2) is 7.21. The number of ether oxygens (including phenoxy) is 3. The molecule has 5 heteroatoms. The van der Waals surface area contributed by atoms with E-state index in [1.54, 1.807) is 7.11 Å². The Morgan fingerprint density at radius 3 is 2.61 bits per heavy atom. The molecule has 1 heterocycles. The van der Waals surface area contributed by atoms with E-state index in [1.165, 1.54) is 0 Å². The quantitative estimate of drug-likeness (QED) is 0.835. The molecule has 5 nitrogen and oxygen atoms in total. The van der Waals surface area contributed by atoms with Gasteiger partial charge in [-0.2, -0.15) is 0 Å². The highest BCUT2D eigenvalue weighted by Crippen LogP contribution is 2.46. The summed E-state index contributed by atoms with van der Waals surface area (Å²) in [4.78, 5) is 11.2. The van der Waals surface area contributed by atoms with Gasteiger partial charge in [-0.05, 0) is 42.4 Å². The highest BCUT2D eigenvalue weighted by molar-refractivity contribution is 5.68. The van der Waals surface area contributed by atoms with Gasteiger partial charge in [0, 0.05) is 12.8 Å². The van der Waals surface area contributed by atoms with Crippen LogP contribution in [-0.4, -0.2) is 37.5 Å². The third-order valence-corrected chi connectivity index (χ3v) is 4.66. The number of hydrogen-bond acceptors (Lipinski definition) is 4. The summed E-state index contributed by atoms with van der Waals surface area (Å²) in [7, 11) is 1.63. The van der Waals surface area contributed by atoms with Gasteiger partial charge in [0.05, 0.1) is 26.7 Å². The first-order valence-electron chi connectivity index (χ1n) is 8.31. The molecular weight excluding hydrogens is 296 g/mol. The lowest BCUT2D eigenvalue weighted by Crippen LogP contribution is -2.26. The fourth-order valence-corrected chi connectivity index (χ4v) is 3.23. The fourth-order valence-electron chi connectivity index (χ4n) is 3.23. The molecule has 0 amide bonds. The minimum atomic E-state index is -0.746. The molecule has 1 aromatic carbocycles. The van der Waals surface area contributed by atoms with E-state index in [4.69, 9.17) is 14.2 Å². The number of rotatable bonds is 7. The van der Waals surface area contributed by atoms with Gasteiger partial charge < -0.3 is 19.3 Å². The minimum absolute atomic E-state index is 0.0652. The third kappa shape index (κ3) is 4.16. The zero-order chi connectivity index (χ0) is 16.2. The Morgan fingerprint density at radius 1 is 1.26 bits per heavy atom. The number of benzene rings is 1. The molecule has 0 spiro atoms. The number of carboxylic acid groups (broad SMARTS) is 1. The van der Waals surface area contributed by atoms with Crippen molar-refractivity contribution >= 4 is 5.97 Å². The van der Waals surface area contributed by atoms with Crippen LogP contribution in [0.25, 0.3) is 0 Å². The molecule has 126 valence electrons. The number of methoxy groups -OCH3 is 1. The van der Waals surface area contributed by atoms with Crippen molar-refractivity contribution in [1.82, 2.24) is 0 Å². The fraction of sp³-hybridized carbons (Fsp3) is 0.611. The van der Waals surface area contributed by atoms with Gasteiger partial charge in [0.25, 0.3) is 0 Å².